The Kier molecular flexibility index (Phi) is 5.25. The number of carbonyl (C=O) groups excluding carboxylic acids is 1. The first-order valence-electron chi connectivity index (χ1n) is 5.50. The van der Waals surface area contributed by atoms with Crippen molar-refractivity contribution < 1.29 is 23.8 Å². The zero-order valence-electron chi connectivity index (χ0n) is 10.4. The number of benzene rings is 1. The van der Waals surface area contributed by atoms with Crippen LogP contribution < -0.4 is 10.6 Å². The minimum atomic E-state index is -1.07. The average Bonchev–Trinajstić information content (AvgIpc) is 2.34. The molecule has 0 saturated heterocycles. The first-order valence-corrected chi connectivity index (χ1v) is 5.50. The van der Waals surface area contributed by atoms with Gasteiger partial charge in [0.2, 0.25) is 0 Å². The molecule has 0 aromatic heterocycles. The number of hydrogen-bond acceptors (Lipinski definition) is 4. The Labute approximate surface area is 109 Å². The van der Waals surface area contributed by atoms with E-state index in [0.29, 0.717) is 0 Å². The SMILES string of the molecule is COCCN(CC(=O)O)c1ccc(F)cc1C(N)=O. The molecule has 1 aromatic rings. The molecule has 6 nitrogen and oxygen atoms in total. The number of halogens is 1. The summed E-state index contributed by atoms with van der Waals surface area (Å²) in [5.41, 5.74) is 5.38. The highest BCUT2D eigenvalue weighted by atomic mass is 19.1. The van der Waals surface area contributed by atoms with Crippen molar-refractivity contribution in [3.8, 4) is 0 Å². The molecule has 1 rings (SSSR count). The third-order valence-electron chi connectivity index (χ3n) is 2.46. The summed E-state index contributed by atoms with van der Waals surface area (Å²) in [5, 5.41) is 8.86. The number of rotatable bonds is 7. The van der Waals surface area contributed by atoms with Crippen LogP contribution >= 0.6 is 0 Å². The molecule has 0 fully saturated rings. The maximum Gasteiger partial charge on any atom is 0.323 e. The van der Waals surface area contributed by atoms with Gasteiger partial charge >= 0.3 is 5.97 Å². The lowest BCUT2D eigenvalue weighted by Crippen LogP contribution is -2.34. The van der Waals surface area contributed by atoms with Gasteiger partial charge in [-0.1, -0.05) is 0 Å². The minimum absolute atomic E-state index is 0.0580. The number of nitrogens with zero attached hydrogens (tertiary/aromatic N) is 1. The van der Waals surface area contributed by atoms with Gasteiger partial charge in [0.15, 0.2) is 0 Å². The third kappa shape index (κ3) is 4.22. The van der Waals surface area contributed by atoms with E-state index in [2.05, 4.69) is 0 Å². The Hall–Kier alpha value is -2.15. The summed E-state index contributed by atoms with van der Waals surface area (Å²) in [4.78, 5) is 23.5. The van der Waals surface area contributed by atoms with Gasteiger partial charge in [0, 0.05) is 13.7 Å². The van der Waals surface area contributed by atoms with Gasteiger partial charge < -0.3 is 20.5 Å². The van der Waals surface area contributed by atoms with Gasteiger partial charge in [0.05, 0.1) is 17.9 Å². The number of amides is 1. The molecule has 7 heteroatoms. The Bertz CT molecular complexity index is 479. The van der Waals surface area contributed by atoms with E-state index in [1.54, 1.807) is 0 Å². The number of hydrogen-bond donors (Lipinski definition) is 2. The van der Waals surface area contributed by atoms with Crippen molar-refractivity contribution >= 4 is 17.6 Å². The Morgan fingerprint density at radius 1 is 1.47 bits per heavy atom. The van der Waals surface area contributed by atoms with Crippen LogP contribution in [0.15, 0.2) is 18.2 Å². The number of primary amides is 1. The van der Waals surface area contributed by atoms with Gasteiger partial charge in [0.1, 0.15) is 12.4 Å². The molecule has 0 atom stereocenters. The lowest BCUT2D eigenvalue weighted by molar-refractivity contribution is -0.135. The predicted molar refractivity (Wildman–Crippen MR) is 66.6 cm³/mol. The number of carboxylic acids is 1. The number of carbonyl (C=O) groups is 2. The van der Waals surface area contributed by atoms with Crippen molar-refractivity contribution in [3.63, 3.8) is 0 Å². The molecule has 104 valence electrons. The van der Waals surface area contributed by atoms with E-state index in [1.807, 2.05) is 0 Å². The van der Waals surface area contributed by atoms with Crippen molar-refractivity contribution in [3.05, 3.63) is 29.6 Å². The number of carboxylic acid groups (broad SMARTS) is 1. The van der Waals surface area contributed by atoms with Crippen LogP contribution in [0.2, 0.25) is 0 Å². The molecule has 0 unspecified atom stereocenters. The molecule has 1 aromatic carbocycles. The molecule has 0 heterocycles. The summed E-state index contributed by atoms with van der Waals surface area (Å²) in [6, 6.07) is 3.46. The van der Waals surface area contributed by atoms with E-state index in [9.17, 15) is 14.0 Å². The highest BCUT2D eigenvalue weighted by Gasteiger charge is 2.17. The number of aliphatic carboxylic acids is 1. The number of anilines is 1. The maximum absolute atomic E-state index is 13.1. The smallest absolute Gasteiger partial charge is 0.323 e. The molecule has 0 aliphatic carbocycles. The summed E-state index contributed by atoms with van der Waals surface area (Å²) in [5.74, 6) is -2.50. The quantitative estimate of drug-likeness (QED) is 0.751. The van der Waals surface area contributed by atoms with Gasteiger partial charge in [-0.2, -0.15) is 0 Å². The van der Waals surface area contributed by atoms with Gasteiger partial charge in [-0.3, -0.25) is 9.59 Å². The summed E-state index contributed by atoms with van der Waals surface area (Å²) >= 11 is 0. The summed E-state index contributed by atoms with van der Waals surface area (Å²) in [6.07, 6.45) is 0. The maximum atomic E-state index is 13.1. The molecule has 19 heavy (non-hydrogen) atoms. The number of ether oxygens (including phenoxy) is 1. The lowest BCUT2D eigenvalue weighted by Gasteiger charge is -2.24. The van der Waals surface area contributed by atoms with Crippen molar-refractivity contribution in [2.45, 2.75) is 0 Å². The molecule has 0 bridgehead atoms. The molecule has 0 radical (unpaired) electrons. The second-order valence-electron chi connectivity index (χ2n) is 3.83. The summed E-state index contributed by atoms with van der Waals surface area (Å²) < 4.78 is 18.0. The van der Waals surface area contributed by atoms with Crippen molar-refractivity contribution in [1.29, 1.82) is 0 Å². The first kappa shape index (κ1) is 14.9. The fourth-order valence-electron chi connectivity index (χ4n) is 1.63. The summed E-state index contributed by atoms with van der Waals surface area (Å²) in [6.45, 7) is 0.173. The monoisotopic (exact) mass is 270 g/mol. The standard InChI is InChI=1S/C12H15FN2O4/c1-19-5-4-15(7-11(16)17)10-3-2-8(13)6-9(10)12(14)18/h2-3,6H,4-5,7H2,1H3,(H2,14,18)(H,16,17). The van der Waals surface area contributed by atoms with E-state index in [-0.39, 0.29) is 30.9 Å². The van der Waals surface area contributed by atoms with E-state index in [0.717, 1.165) is 12.1 Å². The Balaban J connectivity index is 3.12. The molecule has 1 amide bonds. The molecule has 0 saturated carbocycles. The molecule has 0 aliphatic rings. The van der Waals surface area contributed by atoms with E-state index < -0.39 is 17.7 Å². The van der Waals surface area contributed by atoms with Crippen molar-refractivity contribution in [2.24, 2.45) is 5.73 Å². The third-order valence-corrected chi connectivity index (χ3v) is 2.46. The molecular formula is C12H15FN2O4. The number of methoxy groups -OCH3 is 1. The van der Waals surface area contributed by atoms with Crippen molar-refractivity contribution in [1.82, 2.24) is 0 Å². The van der Waals surface area contributed by atoms with Gasteiger partial charge in [-0.25, -0.2) is 4.39 Å². The van der Waals surface area contributed by atoms with E-state index >= 15 is 0 Å². The highest BCUT2D eigenvalue weighted by molar-refractivity contribution is 5.99. The second-order valence-corrected chi connectivity index (χ2v) is 3.83. The summed E-state index contributed by atoms with van der Waals surface area (Å²) in [7, 11) is 1.47. The second kappa shape index (κ2) is 6.69. The van der Waals surface area contributed by atoms with Crippen LogP contribution in [0.1, 0.15) is 10.4 Å². The van der Waals surface area contributed by atoms with Gasteiger partial charge in [0.25, 0.3) is 5.91 Å². The molecular weight excluding hydrogens is 255 g/mol. The van der Waals surface area contributed by atoms with Gasteiger partial charge in [-0.05, 0) is 18.2 Å². The highest BCUT2D eigenvalue weighted by Crippen LogP contribution is 2.21. The molecule has 3 N–H and O–H groups in total. The number of nitrogens with two attached hydrogens (primary N) is 1. The Morgan fingerprint density at radius 2 is 2.16 bits per heavy atom. The van der Waals surface area contributed by atoms with Crippen LogP contribution in [0.4, 0.5) is 10.1 Å². The molecule has 0 aliphatic heterocycles. The fourth-order valence-corrected chi connectivity index (χ4v) is 1.63. The van der Waals surface area contributed by atoms with Crippen LogP contribution in [0.25, 0.3) is 0 Å². The van der Waals surface area contributed by atoms with Crippen LogP contribution in [0, 0.1) is 5.82 Å². The topological polar surface area (TPSA) is 92.9 Å². The minimum Gasteiger partial charge on any atom is -0.480 e. The zero-order valence-corrected chi connectivity index (χ0v) is 10.4. The van der Waals surface area contributed by atoms with E-state index in [4.69, 9.17) is 15.6 Å². The fraction of sp³-hybridized carbons (Fsp3) is 0.333. The van der Waals surface area contributed by atoms with Crippen LogP contribution in [-0.4, -0.2) is 43.8 Å². The largest absolute Gasteiger partial charge is 0.480 e. The zero-order chi connectivity index (χ0) is 14.4. The van der Waals surface area contributed by atoms with Crippen LogP contribution in [0.5, 0.6) is 0 Å². The molecule has 0 spiro atoms. The van der Waals surface area contributed by atoms with Gasteiger partial charge in [-0.15, -0.1) is 0 Å². The van der Waals surface area contributed by atoms with Crippen LogP contribution in [-0.2, 0) is 9.53 Å². The predicted octanol–water partition coefficient (Wildman–Crippen LogP) is 0.462. The average molecular weight is 270 g/mol. The van der Waals surface area contributed by atoms with Crippen LogP contribution in [0.3, 0.4) is 0 Å². The lowest BCUT2D eigenvalue weighted by atomic mass is 10.1. The van der Waals surface area contributed by atoms with Crippen molar-refractivity contribution in [2.75, 3.05) is 31.7 Å². The first-order chi connectivity index (χ1) is 8.95. The normalized spacial score (nSPS) is 10.2. The Morgan fingerprint density at radius 3 is 2.68 bits per heavy atom. The van der Waals surface area contributed by atoms with E-state index in [1.165, 1.54) is 18.1 Å².